The molecule has 2 aromatic heterocycles. The van der Waals surface area contributed by atoms with Crippen molar-refractivity contribution in [1.29, 1.82) is 0 Å². The predicted octanol–water partition coefficient (Wildman–Crippen LogP) is 2.86. The number of thiophene rings is 1. The van der Waals surface area contributed by atoms with Crippen LogP contribution in [-0.2, 0) is 13.0 Å². The zero-order chi connectivity index (χ0) is 12.1. The van der Waals surface area contributed by atoms with Gasteiger partial charge in [0, 0.05) is 42.8 Å². The van der Waals surface area contributed by atoms with E-state index in [1.807, 2.05) is 6.20 Å². The van der Waals surface area contributed by atoms with Gasteiger partial charge in [-0.05, 0) is 18.4 Å². The van der Waals surface area contributed by atoms with Crippen LogP contribution in [0.25, 0.3) is 0 Å². The molecule has 4 heteroatoms. The van der Waals surface area contributed by atoms with Gasteiger partial charge in [0.1, 0.15) is 5.82 Å². The second-order valence-electron chi connectivity index (χ2n) is 4.08. The van der Waals surface area contributed by atoms with Gasteiger partial charge < -0.3 is 9.88 Å². The Morgan fingerprint density at radius 3 is 3.12 bits per heavy atom. The van der Waals surface area contributed by atoms with E-state index in [9.17, 15) is 0 Å². The maximum absolute atomic E-state index is 4.32. The summed E-state index contributed by atoms with van der Waals surface area (Å²) in [6.07, 6.45) is 4.92. The summed E-state index contributed by atoms with van der Waals surface area (Å²) in [7, 11) is 0. The lowest BCUT2D eigenvalue weighted by atomic mass is 10.3. The molecule has 0 aliphatic heterocycles. The van der Waals surface area contributed by atoms with Gasteiger partial charge in [-0.15, -0.1) is 11.3 Å². The number of nitrogens with zero attached hydrogens (tertiary/aromatic N) is 2. The van der Waals surface area contributed by atoms with Crippen molar-refractivity contribution in [3.63, 3.8) is 0 Å². The first-order valence-electron chi connectivity index (χ1n) is 6.08. The van der Waals surface area contributed by atoms with Crippen molar-refractivity contribution < 1.29 is 0 Å². The lowest BCUT2D eigenvalue weighted by Crippen LogP contribution is -2.23. The first-order valence-corrected chi connectivity index (χ1v) is 6.96. The molecule has 3 nitrogen and oxygen atoms in total. The molecular formula is C13H19N3S. The summed E-state index contributed by atoms with van der Waals surface area (Å²) < 4.78 is 2.22. The fourth-order valence-electron chi connectivity index (χ4n) is 1.90. The van der Waals surface area contributed by atoms with Gasteiger partial charge in [0.2, 0.25) is 0 Å². The molecule has 0 amide bonds. The summed E-state index contributed by atoms with van der Waals surface area (Å²) in [5.41, 5.74) is 0. The normalized spacial score (nSPS) is 12.8. The molecule has 0 saturated carbocycles. The molecule has 0 fully saturated rings. The molecule has 0 aliphatic carbocycles. The van der Waals surface area contributed by atoms with E-state index in [-0.39, 0.29) is 0 Å². The highest BCUT2D eigenvalue weighted by molar-refractivity contribution is 7.10. The molecule has 0 spiro atoms. The Labute approximate surface area is 107 Å². The van der Waals surface area contributed by atoms with Gasteiger partial charge in [0.15, 0.2) is 0 Å². The van der Waals surface area contributed by atoms with E-state index in [1.54, 1.807) is 11.3 Å². The lowest BCUT2D eigenvalue weighted by Gasteiger charge is -2.13. The van der Waals surface area contributed by atoms with Crippen LogP contribution in [0.1, 0.15) is 30.6 Å². The van der Waals surface area contributed by atoms with Crippen LogP contribution in [0, 0.1) is 0 Å². The highest BCUT2D eigenvalue weighted by atomic mass is 32.1. The van der Waals surface area contributed by atoms with Crippen molar-refractivity contribution >= 4 is 11.3 Å². The minimum Gasteiger partial charge on any atom is -0.334 e. The predicted molar refractivity (Wildman–Crippen MR) is 72.3 cm³/mol. The van der Waals surface area contributed by atoms with E-state index in [4.69, 9.17) is 0 Å². The van der Waals surface area contributed by atoms with Gasteiger partial charge in [0.25, 0.3) is 0 Å². The highest BCUT2D eigenvalue weighted by Gasteiger charge is 2.05. The molecular weight excluding hydrogens is 230 g/mol. The van der Waals surface area contributed by atoms with Crippen LogP contribution in [0.3, 0.4) is 0 Å². The molecule has 0 bridgehead atoms. The molecule has 0 saturated heterocycles. The van der Waals surface area contributed by atoms with Gasteiger partial charge >= 0.3 is 0 Å². The molecule has 0 aliphatic rings. The van der Waals surface area contributed by atoms with Crippen molar-refractivity contribution in [3.8, 4) is 0 Å². The van der Waals surface area contributed by atoms with Crippen molar-refractivity contribution in [3.05, 3.63) is 40.6 Å². The van der Waals surface area contributed by atoms with Crippen molar-refractivity contribution in [2.24, 2.45) is 0 Å². The number of hydrogen-bond donors (Lipinski definition) is 1. The Balaban J connectivity index is 1.80. The Kier molecular flexibility index (Phi) is 4.34. The summed E-state index contributed by atoms with van der Waals surface area (Å²) in [5.74, 6) is 1.16. The van der Waals surface area contributed by atoms with E-state index in [0.29, 0.717) is 6.04 Å². The van der Waals surface area contributed by atoms with E-state index < -0.39 is 0 Å². The summed E-state index contributed by atoms with van der Waals surface area (Å²) in [4.78, 5) is 5.71. The van der Waals surface area contributed by atoms with Gasteiger partial charge in [-0.2, -0.15) is 0 Å². The first-order chi connectivity index (χ1) is 8.31. The van der Waals surface area contributed by atoms with Crippen LogP contribution < -0.4 is 5.32 Å². The fourth-order valence-corrected chi connectivity index (χ4v) is 2.66. The Hall–Kier alpha value is -1.13. The minimum absolute atomic E-state index is 0.434. The van der Waals surface area contributed by atoms with E-state index in [1.165, 1.54) is 4.88 Å². The van der Waals surface area contributed by atoms with Crippen LogP contribution >= 0.6 is 11.3 Å². The molecule has 2 aromatic rings. The summed E-state index contributed by atoms with van der Waals surface area (Å²) >= 11 is 1.80. The van der Waals surface area contributed by atoms with Gasteiger partial charge in [0.05, 0.1) is 0 Å². The number of hydrogen-bond acceptors (Lipinski definition) is 3. The molecule has 17 heavy (non-hydrogen) atoms. The summed E-state index contributed by atoms with van der Waals surface area (Å²) in [6, 6.07) is 4.71. The second-order valence-corrected chi connectivity index (χ2v) is 5.06. The largest absolute Gasteiger partial charge is 0.334 e. The zero-order valence-corrected chi connectivity index (χ0v) is 11.2. The topological polar surface area (TPSA) is 29.9 Å². The van der Waals surface area contributed by atoms with Crippen LogP contribution in [0.5, 0.6) is 0 Å². The Morgan fingerprint density at radius 1 is 1.53 bits per heavy atom. The summed E-state index contributed by atoms with van der Waals surface area (Å²) in [6.45, 7) is 6.31. The molecule has 1 N–H and O–H groups in total. The molecule has 0 aromatic carbocycles. The quantitative estimate of drug-likeness (QED) is 0.853. The van der Waals surface area contributed by atoms with Crippen LogP contribution in [0.2, 0.25) is 0 Å². The monoisotopic (exact) mass is 249 g/mol. The number of rotatable bonds is 6. The second kappa shape index (κ2) is 5.98. The average Bonchev–Trinajstić information content (AvgIpc) is 2.99. The van der Waals surface area contributed by atoms with Gasteiger partial charge in [-0.3, -0.25) is 0 Å². The number of nitrogens with one attached hydrogen (secondary N) is 1. The SMILES string of the molecule is CCc1nccn1CCNC(C)c1cccs1. The molecule has 1 atom stereocenters. The van der Waals surface area contributed by atoms with Crippen LogP contribution in [0.4, 0.5) is 0 Å². The number of imidazole rings is 1. The zero-order valence-electron chi connectivity index (χ0n) is 10.4. The average molecular weight is 249 g/mol. The third kappa shape index (κ3) is 3.17. The Bertz CT molecular complexity index is 433. The molecule has 2 heterocycles. The van der Waals surface area contributed by atoms with Gasteiger partial charge in [-0.1, -0.05) is 13.0 Å². The maximum atomic E-state index is 4.32. The van der Waals surface area contributed by atoms with Crippen molar-refractivity contribution in [1.82, 2.24) is 14.9 Å². The molecule has 1 unspecified atom stereocenters. The standard InChI is InChI=1S/C13H19N3S/c1-3-13-15-7-9-16(13)8-6-14-11(2)12-5-4-10-17-12/h4-5,7,9-11,14H,3,6,8H2,1-2H3. The van der Waals surface area contributed by atoms with Crippen LogP contribution in [0.15, 0.2) is 29.9 Å². The molecule has 2 rings (SSSR count). The number of aromatic nitrogens is 2. The van der Waals surface area contributed by atoms with Crippen molar-refractivity contribution in [2.75, 3.05) is 6.54 Å². The van der Waals surface area contributed by atoms with E-state index in [2.05, 4.69) is 52.4 Å². The lowest BCUT2D eigenvalue weighted by molar-refractivity contribution is 0.527. The molecule has 92 valence electrons. The summed E-state index contributed by atoms with van der Waals surface area (Å²) in [5, 5.41) is 5.66. The maximum Gasteiger partial charge on any atom is 0.108 e. The van der Waals surface area contributed by atoms with Crippen LogP contribution in [-0.4, -0.2) is 16.1 Å². The smallest absolute Gasteiger partial charge is 0.108 e. The first kappa shape index (κ1) is 12.3. The van der Waals surface area contributed by atoms with Crippen molar-refractivity contribution in [2.45, 2.75) is 32.9 Å². The third-order valence-electron chi connectivity index (χ3n) is 2.89. The number of aryl methyl sites for hydroxylation is 1. The van der Waals surface area contributed by atoms with Gasteiger partial charge in [-0.25, -0.2) is 4.98 Å². The minimum atomic E-state index is 0.434. The Morgan fingerprint density at radius 2 is 2.41 bits per heavy atom. The third-order valence-corrected chi connectivity index (χ3v) is 3.95. The fraction of sp³-hybridized carbons (Fsp3) is 0.462. The highest BCUT2D eigenvalue weighted by Crippen LogP contribution is 2.17. The van der Waals surface area contributed by atoms with E-state index in [0.717, 1.165) is 25.3 Å². The van der Waals surface area contributed by atoms with E-state index >= 15 is 0 Å². The molecule has 0 radical (unpaired) electrons.